The molecule has 1 saturated heterocycles. The van der Waals surface area contributed by atoms with E-state index in [1.165, 1.54) is 0 Å². The first kappa shape index (κ1) is 14.2. The van der Waals surface area contributed by atoms with E-state index in [1.54, 1.807) is 11.0 Å². The number of carbonyl (C=O) groups is 1. The van der Waals surface area contributed by atoms with E-state index in [0.29, 0.717) is 24.0 Å². The fraction of sp³-hybridized carbons (Fsp3) is 0.500. The Morgan fingerprint density at radius 1 is 1.47 bits per heavy atom. The minimum atomic E-state index is -0.0817. The Morgan fingerprint density at radius 3 is 2.74 bits per heavy atom. The molecule has 0 aliphatic carbocycles. The van der Waals surface area contributed by atoms with E-state index in [1.807, 2.05) is 19.1 Å². The Hall–Kier alpha value is -1.26. The van der Waals surface area contributed by atoms with Crippen LogP contribution < -0.4 is 5.32 Å². The molecule has 2 rings (SSSR count). The van der Waals surface area contributed by atoms with Crippen LogP contribution in [0, 0.1) is 12.8 Å². The molecule has 1 aromatic carbocycles. The van der Waals surface area contributed by atoms with Crippen molar-refractivity contribution in [1.82, 2.24) is 4.90 Å². The monoisotopic (exact) mass is 282 g/mol. The average molecular weight is 283 g/mol. The second-order valence-electron chi connectivity index (χ2n) is 5.00. The third kappa shape index (κ3) is 3.61. The molecule has 0 spiro atoms. The molecule has 1 fully saturated rings. The number of likely N-dealkylation sites (tertiary alicyclic amines) is 1. The summed E-state index contributed by atoms with van der Waals surface area (Å²) in [6, 6.07) is 5.33. The van der Waals surface area contributed by atoms with Crippen molar-refractivity contribution in [3.8, 4) is 0 Å². The third-order valence-corrected chi connectivity index (χ3v) is 3.83. The van der Waals surface area contributed by atoms with Gasteiger partial charge < -0.3 is 15.3 Å². The lowest BCUT2D eigenvalue weighted by molar-refractivity contribution is 0.143. The third-order valence-electron chi connectivity index (χ3n) is 3.59. The van der Waals surface area contributed by atoms with Crippen molar-refractivity contribution >= 4 is 23.3 Å². The number of hydrogen-bond donors (Lipinski definition) is 2. The van der Waals surface area contributed by atoms with Gasteiger partial charge in [0.1, 0.15) is 0 Å². The van der Waals surface area contributed by atoms with Crippen LogP contribution in [0.15, 0.2) is 18.2 Å². The van der Waals surface area contributed by atoms with Crippen LogP contribution in [-0.4, -0.2) is 35.7 Å². The summed E-state index contributed by atoms with van der Waals surface area (Å²) in [7, 11) is 0. The van der Waals surface area contributed by atoms with Gasteiger partial charge in [-0.25, -0.2) is 4.79 Å². The Labute approximate surface area is 118 Å². The first-order valence-electron chi connectivity index (χ1n) is 6.53. The van der Waals surface area contributed by atoms with Gasteiger partial charge in [0.25, 0.3) is 0 Å². The summed E-state index contributed by atoms with van der Waals surface area (Å²) in [4.78, 5) is 13.9. The van der Waals surface area contributed by atoms with E-state index in [9.17, 15) is 4.79 Å². The number of amides is 2. The normalized spacial score (nSPS) is 16.5. The number of carbonyl (C=O) groups excluding carboxylic acids is 1. The number of nitrogens with zero attached hydrogens (tertiary/aromatic N) is 1. The summed E-state index contributed by atoms with van der Waals surface area (Å²) in [5, 5.41) is 12.7. The van der Waals surface area contributed by atoms with Gasteiger partial charge in [-0.1, -0.05) is 11.6 Å². The summed E-state index contributed by atoms with van der Waals surface area (Å²) in [6.07, 6.45) is 1.73. The van der Waals surface area contributed by atoms with Gasteiger partial charge >= 0.3 is 6.03 Å². The summed E-state index contributed by atoms with van der Waals surface area (Å²) >= 11 is 5.89. The van der Waals surface area contributed by atoms with Gasteiger partial charge in [0.2, 0.25) is 0 Å². The zero-order chi connectivity index (χ0) is 13.8. The maximum Gasteiger partial charge on any atom is 0.321 e. The predicted octanol–water partition coefficient (Wildman–Crippen LogP) is 2.88. The molecule has 4 nitrogen and oxygen atoms in total. The molecule has 1 aliphatic rings. The van der Waals surface area contributed by atoms with E-state index in [2.05, 4.69) is 5.32 Å². The van der Waals surface area contributed by atoms with E-state index in [4.69, 9.17) is 16.7 Å². The second kappa shape index (κ2) is 6.26. The average Bonchev–Trinajstić information content (AvgIpc) is 2.42. The van der Waals surface area contributed by atoms with Gasteiger partial charge in [-0.3, -0.25) is 0 Å². The van der Waals surface area contributed by atoms with Gasteiger partial charge in [-0.05, 0) is 49.4 Å². The molecular weight excluding hydrogens is 264 g/mol. The quantitative estimate of drug-likeness (QED) is 0.876. The first-order chi connectivity index (χ1) is 9.10. The van der Waals surface area contributed by atoms with Crippen LogP contribution in [0.5, 0.6) is 0 Å². The largest absolute Gasteiger partial charge is 0.396 e. The van der Waals surface area contributed by atoms with Crippen molar-refractivity contribution in [2.75, 3.05) is 25.0 Å². The van der Waals surface area contributed by atoms with Crippen LogP contribution in [0.1, 0.15) is 18.4 Å². The van der Waals surface area contributed by atoms with Crippen molar-refractivity contribution in [3.05, 3.63) is 28.8 Å². The molecule has 0 atom stereocenters. The van der Waals surface area contributed by atoms with Crippen LogP contribution in [0.4, 0.5) is 10.5 Å². The molecule has 0 aromatic heterocycles. The van der Waals surface area contributed by atoms with Gasteiger partial charge in [0.15, 0.2) is 0 Å². The summed E-state index contributed by atoms with van der Waals surface area (Å²) in [5.74, 6) is 0.335. The van der Waals surface area contributed by atoms with Gasteiger partial charge in [-0.2, -0.15) is 0 Å². The number of hydrogen-bond acceptors (Lipinski definition) is 2. The number of nitrogens with one attached hydrogen (secondary N) is 1. The lowest BCUT2D eigenvalue weighted by Crippen LogP contribution is -2.41. The van der Waals surface area contributed by atoms with E-state index in [0.717, 1.165) is 24.1 Å². The van der Waals surface area contributed by atoms with Crippen LogP contribution in [-0.2, 0) is 0 Å². The molecule has 19 heavy (non-hydrogen) atoms. The molecule has 1 heterocycles. The van der Waals surface area contributed by atoms with Gasteiger partial charge in [-0.15, -0.1) is 0 Å². The zero-order valence-electron chi connectivity index (χ0n) is 11.0. The van der Waals surface area contributed by atoms with Crippen molar-refractivity contribution < 1.29 is 9.90 Å². The second-order valence-corrected chi connectivity index (χ2v) is 5.44. The predicted molar refractivity (Wildman–Crippen MR) is 76.6 cm³/mol. The number of benzene rings is 1. The van der Waals surface area contributed by atoms with Crippen molar-refractivity contribution in [2.45, 2.75) is 19.8 Å². The number of aryl methyl sites for hydroxylation is 1. The van der Waals surface area contributed by atoms with Gasteiger partial charge in [0.05, 0.1) is 0 Å². The Kier molecular flexibility index (Phi) is 4.66. The number of aliphatic hydroxyl groups is 1. The van der Waals surface area contributed by atoms with E-state index >= 15 is 0 Å². The van der Waals surface area contributed by atoms with Crippen molar-refractivity contribution in [2.24, 2.45) is 5.92 Å². The summed E-state index contributed by atoms with van der Waals surface area (Å²) in [6.45, 7) is 3.53. The Bertz CT molecular complexity index is 457. The van der Waals surface area contributed by atoms with Crippen LogP contribution in [0.25, 0.3) is 0 Å². The van der Waals surface area contributed by atoms with Crippen LogP contribution in [0.2, 0.25) is 5.02 Å². The Morgan fingerprint density at radius 2 is 2.16 bits per heavy atom. The highest BCUT2D eigenvalue weighted by atomic mass is 35.5. The summed E-state index contributed by atoms with van der Waals surface area (Å²) < 4.78 is 0. The molecule has 0 radical (unpaired) electrons. The molecular formula is C14H19ClN2O2. The van der Waals surface area contributed by atoms with Crippen LogP contribution >= 0.6 is 11.6 Å². The molecule has 1 aliphatic heterocycles. The van der Waals surface area contributed by atoms with Gasteiger partial charge in [0, 0.05) is 30.4 Å². The fourth-order valence-electron chi connectivity index (χ4n) is 2.28. The molecule has 104 valence electrons. The molecule has 5 heteroatoms. The fourth-order valence-corrected chi connectivity index (χ4v) is 2.51. The molecule has 2 amide bonds. The zero-order valence-corrected chi connectivity index (χ0v) is 11.8. The topological polar surface area (TPSA) is 52.6 Å². The Balaban J connectivity index is 1.94. The highest BCUT2D eigenvalue weighted by Crippen LogP contribution is 2.21. The number of aliphatic hydroxyl groups excluding tert-OH is 1. The SMILES string of the molecule is Cc1cc(Cl)ccc1NC(=O)N1CCC(CO)CC1. The first-order valence-corrected chi connectivity index (χ1v) is 6.91. The van der Waals surface area contributed by atoms with Crippen molar-refractivity contribution in [1.29, 1.82) is 0 Å². The highest BCUT2D eigenvalue weighted by Gasteiger charge is 2.22. The standard InChI is InChI=1S/C14H19ClN2O2/c1-10-8-12(15)2-3-13(10)16-14(19)17-6-4-11(9-18)5-7-17/h2-3,8,11,18H,4-7,9H2,1H3,(H,16,19). The van der Waals surface area contributed by atoms with Crippen molar-refractivity contribution in [3.63, 3.8) is 0 Å². The lowest BCUT2D eigenvalue weighted by Gasteiger charge is -2.31. The molecule has 0 saturated carbocycles. The minimum absolute atomic E-state index is 0.0817. The molecule has 0 bridgehead atoms. The minimum Gasteiger partial charge on any atom is -0.396 e. The lowest BCUT2D eigenvalue weighted by atomic mass is 9.98. The van der Waals surface area contributed by atoms with Crippen LogP contribution in [0.3, 0.4) is 0 Å². The maximum atomic E-state index is 12.1. The molecule has 2 N–H and O–H groups in total. The summed E-state index contributed by atoms with van der Waals surface area (Å²) in [5.41, 5.74) is 1.74. The number of anilines is 1. The van der Waals surface area contributed by atoms with E-state index < -0.39 is 0 Å². The smallest absolute Gasteiger partial charge is 0.321 e. The highest BCUT2D eigenvalue weighted by molar-refractivity contribution is 6.30. The number of halogens is 1. The molecule has 0 unspecified atom stereocenters. The maximum absolute atomic E-state index is 12.1. The molecule has 1 aromatic rings. The van der Waals surface area contributed by atoms with E-state index in [-0.39, 0.29) is 12.6 Å². The number of piperidine rings is 1. The number of urea groups is 1. The number of rotatable bonds is 2.